The lowest BCUT2D eigenvalue weighted by Gasteiger charge is -2.25. The largest absolute Gasteiger partial charge is 0.308 e. The van der Waals surface area contributed by atoms with Crippen molar-refractivity contribution in [1.82, 2.24) is 29.4 Å². The molecule has 4 heterocycles. The summed E-state index contributed by atoms with van der Waals surface area (Å²) in [6.45, 7) is 3.96. The Bertz CT molecular complexity index is 1020. The van der Waals surface area contributed by atoms with E-state index in [1.54, 1.807) is 27.8 Å². The minimum Gasteiger partial charge on any atom is -0.308 e. The van der Waals surface area contributed by atoms with E-state index in [2.05, 4.69) is 31.5 Å². The number of hydrogen-bond donors (Lipinski definition) is 1. The zero-order chi connectivity index (χ0) is 19.5. The molecule has 1 aliphatic heterocycles. The fourth-order valence-electron chi connectivity index (χ4n) is 3.24. The van der Waals surface area contributed by atoms with Gasteiger partial charge < -0.3 is 5.32 Å². The standard InChI is InChI=1S/C20H23N7O/c1-15-3-7-21-19(11-15)27-13-17(12-22-27)16-4-9-26(10-5-16)14-20(28)23-18-6-8-25(2)24-18/h3-4,6-8,11-13H,5,9-10,14H2,1-2H3,(H,23,24,28). The van der Waals surface area contributed by atoms with Crippen molar-refractivity contribution in [3.05, 3.63) is 60.2 Å². The zero-order valence-corrected chi connectivity index (χ0v) is 16.0. The number of pyridine rings is 1. The molecular weight excluding hydrogens is 354 g/mol. The number of rotatable bonds is 5. The second kappa shape index (κ2) is 7.77. The van der Waals surface area contributed by atoms with Crippen molar-refractivity contribution in [3.63, 3.8) is 0 Å². The first-order valence-corrected chi connectivity index (χ1v) is 9.26. The Morgan fingerprint density at radius 3 is 2.93 bits per heavy atom. The van der Waals surface area contributed by atoms with Crippen LogP contribution in [0, 0.1) is 6.92 Å². The van der Waals surface area contributed by atoms with E-state index >= 15 is 0 Å². The van der Waals surface area contributed by atoms with Crippen LogP contribution in [-0.2, 0) is 11.8 Å². The minimum atomic E-state index is -0.0473. The van der Waals surface area contributed by atoms with Crippen molar-refractivity contribution in [2.24, 2.45) is 7.05 Å². The number of anilines is 1. The molecule has 0 aromatic carbocycles. The van der Waals surface area contributed by atoms with E-state index in [0.717, 1.165) is 36.5 Å². The van der Waals surface area contributed by atoms with Gasteiger partial charge in [-0.15, -0.1) is 0 Å². The Hall–Kier alpha value is -3.26. The molecule has 1 aliphatic rings. The highest BCUT2D eigenvalue weighted by Gasteiger charge is 2.17. The van der Waals surface area contributed by atoms with Gasteiger partial charge in [-0.3, -0.25) is 14.4 Å². The van der Waals surface area contributed by atoms with Gasteiger partial charge in [0.15, 0.2) is 11.6 Å². The number of aromatic nitrogens is 5. The summed E-state index contributed by atoms with van der Waals surface area (Å²) >= 11 is 0. The van der Waals surface area contributed by atoms with E-state index in [1.807, 2.05) is 38.5 Å². The van der Waals surface area contributed by atoms with E-state index in [0.29, 0.717) is 12.4 Å². The van der Waals surface area contributed by atoms with Crippen molar-refractivity contribution in [1.29, 1.82) is 0 Å². The van der Waals surface area contributed by atoms with Gasteiger partial charge in [0.25, 0.3) is 0 Å². The molecule has 4 rings (SSSR count). The van der Waals surface area contributed by atoms with Gasteiger partial charge in [0.1, 0.15) is 0 Å². The van der Waals surface area contributed by atoms with Gasteiger partial charge in [0, 0.05) is 50.4 Å². The second-order valence-corrected chi connectivity index (χ2v) is 7.00. The van der Waals surface area contributed by atoms with E-state index < -0.39 is 0 Å². The fourth-order valence-corrected chi connectivity index (χ4v) is 3.24. The Balaban J connectivity index is 1.36. The fraction of sp³-hybridized carbons (Fsp3) is 0.300. The maximum atomic E-state index is 12.2. The maximum absolute atomic E-state index is 12.2. The Morgan fingerprint density at radius 2 is 2.21 bits per heavy atom. The molecule has 0 aliphatic carbocycles. The molecule has 28 heavy (non-hydrogen) atoms. The normalized spacial score (nSPS) is 14.7. The molecule has 0 radical (unpaired) electrons. The molecule has 0 bridgehead atoms. The summed E-state index contributed by atoms with van der Waals surface area (Å²) in [7, 11) is 1.82. The molecule has 0 spiro atoms. The van der Waals surface area contributed by atoms with Crippen molar-refractivity contribution in [2.45, 2.75) is 13.3 Å². The minimum absolute atomic E-state index is 0.0473. The van der Waals surface area contributed by atoms with Crippen molar-refractivity contribution in [3.8, 4) is 5.82 Å². The van der Waals surface area contributed by atoms with E-state index in [4.69, 9.17) is 0 Å². The third-order valence-electron chi connectivity index (χ3n) is 4.73. The van der Waals surface area contributed by atoms with Crippen LogP contribution in [0.5, 0.6) is 0 Å². The maximum Gasteiger partial charge on any atom is 0.239 e. The highest BCUT2D eigenvalue weighted by Crippen LogP contribution is 2.22. The summed E-state index contributed by atoms with van der Waals surface area (Å²) in [5.74, 6) is 1.35. The summed E-state index contributed by atoms with van der Waals surface area (Å²) in [6.07, 6.45) is 10.5. The van der Waals surface area contributed by atoms with Crippen LogP contribution in [0.15, 0.2) is 49.1 Å². The first kappa shape index (κ1) is 18.1. The highest BCUT2D eigenvalue weighted by atomic mass is 16.2. The van der Waals surface area contributed by atoms with Gasteiger partial charge in [-0.1, -0.05) is 6.08 Å². The highest BCUT2D eigenvalue weighted by molar-refractivity contribution is 5.91. The van der Waals surface area contributed by atoms with Gasteiger partial charge in [0.2, 0.25) is 5.91 Å². The summed E-state index contributed by atoms with van der Waals surface area (Å²) < 4.78 is 3.47. The van der Waals surface area contributed by atoms with Crippen LogP contribution in [0.3, 0.4) is 0 Å². The molecule has 3 aromatic rings. The molecule has 1 N–H and O–H groups in total. The number of aryl methyl sites for hydroxylation is 2. The van der Waals surface area contributed by atoms with Crippen molar-refractivity contribution in [2.75, 3.05) is 25.0 Å². The lowest BCUT2D eigenvalue weighted by Crippen LogP contribution is -2.36. The molecule has 144 valence electrons. The van der Waals surface area contributed by atoms with Crippen LogP contribution in [-0.4, -0.2) is 55.0 Å². The molecule has 0 saturated carbocycles. The molecule has 0 unspecified atom stereocenters. The van der Waals surface area contributed by atoms with Crippen LogP contribution in [0.4, 0.5) is 5.82 Å². The van der Waals surface area contributed by atoms with Crippen molar-refractivity contribution < 1.29 is 4.79 Å². The molecule has 8 nitrogen and oxygen atoms in total. The molecule has 0 fully saturated rings. The second-order valence-electron chi connectivity index (χ2n) is 7.00. The van der Waals surface area contributed by atoms with Crippen LogP contribution in [0.1, 0.15) is 17.5 Å². The molecule has 0 atom stereocenters. The average molecular weight is 377 g/mol. The Labute approximate surface area is 163 Å². The number of nitrogens with one attached hydrogen (secondary N) is 1. The van der Waals surface area contributed by atoms with E-state index in [-0.39, 0.29) is 5.91 Å². The lowest BCUT2D eigenvalue weighted by atomic mass is 10.0. The van der Waals surface area contributed by atoms with Crippen LogP contribution >= 0.6 is 0 Å². The van der Waals surface area contributed by atoms with Gasteiger partial charge in [0.05, 0.1) is 12.7 Å². The lowest BCUT2D eigenvalue weighted by molar-refractivity contribution is -0.117. The first-order chi connectivity index (χ1) is 13.6. The quantitative estimate of drug-likeness (QED) is 0.736. The Morgan fingerprint density at radius 1 is 1.32 bits per heavy atom. The van der Waals surface area contributed by atoms with Gasteiger partial charge in [-0.2, -0.15) is 10.2 Å². The third-order valence-corrected chi connectivity index (χ3v) is 4.73. The molecule has 8 heteroatoms. The Kier molecular flexibility index (Phi) is 5.03. The van der Waals surface area contributed by atoms with E-state index in [1.165, 1.54) is 5.57 Å². The van der Waals surface area contributed by atoms with Gasteiger partial charge >= 0.3 is 0 Å². The number of amides is 1. The number of carbonyl (C=O) groups is 1. The third kappa shape index (κ3) is 4.17. The van der Waals surface area contributed by atoms with Crippen LogP contribution in [0.2, 0.25) is 0 Å². The summed E-state index contributed by atoms with van der Waals surface area (Å²) in [5.41, 5.74) is 3.50. The van der Waals surface area contributed by atoms with Crippen LogP contribution in [0.25, 0.3) is 11.4 Å². The summed E-state index contributed by atoms with van der Waals surface area (Å²) in [4.78, 5) is 18.7. The molecule has 0 saturated heterocycles. The number of nitrogens with zero attached hydrogens (tertiary/aromatic N) is 6. The smallest absolute Gasteiger partial charge is 0.239 e. The predicted octanol–water partition coefficient (Wildman–Crippen LogP) is 2.04. The van der Waals surface area contributed by atoms with Crippen LogP contribution < -0.4 is 5.32 Å². The summed E-state index contributed by atoms with van der Waals surface area (Å²) in [6, 6.07) is 5.76. The topological polar surface area (TPSA) is 80.9 Å². The first-order valence-electron chi connectivity index (χ1n) is 9.26. The molecule has 3 aromatic heterocycles. The molecular formula is C20H23N7O. The molecule has 1 amide bonds. The number of hydrogen-bond acceptors (Lipinski definition) is 5. The summed E-state index contributed by atoms with van der Waals surface area (Å²) in [5, 5.41) is 11.4. The SMILES string of the molecule is Cc1ccnc(-n2cc(C3=CCN(CC(=O)Nc4ccn(C)n4)CC3)cn2)c1. The zero-order valence-electron chi connectivity index (χ0n) is 16.0. The van der Waals surface area contributed by atoms with Gasteiger partial charge in [-0.05, 0) is 36.6 Å². The van der Waals surface area contributed by atoms with Gasteiger partial charge in [-0.25, -0.2) is 9.67 Å². The predicted molar refractivity (Wildman–Crippen MR) is 107 cm³/mol. The van der Waals surface area contributed by atoms with E-state index in [9.17, 15) is 4.79 Å². The number of carbonyl (C=O) groups excluding carboxylic acids is 1. The average Bonchev–Trinajstić information content (AvgIpc) is 3.32. The monoisotopic (exact) mass is 377 g/mol. The van der Waals surface area contributed by atoms with Crippen molar-refractivity contribution >= 4 is 17.3 Å².